The molecule has 15 heavy (non-hydrogen) atoms. The summed E-state index contributed by atoms with van der Waals surface area (Å²) in [6.07, 6.45) is 2.95. The second kappa shape index (κ2) is 4.74. The van der Waals surface area contributed by atoms with Gasteiger partial charge >= 0.3 is 18.9 Å². The van der Waals surface area contributed by atoms with E-state index >= 15 is 0 Å². The topological polar surface area (TPSA) is 3.24 Å². The van der Waals surface area contributed by atoms with Gasteiger partial charge in [0.05, 0.1) is 14.1 Å². The molecule has 1 atom stereocenters. The molecule has 1 nitrogen and oxygen atoms in total. The van der Waals surface area contributed by atoms with Gasteiger partial charge in [-0.25, -0.2) is 0 Å². The molecular weight excluding hydrogens is 208 g/mol. The maximum absolute atomic E-state index is 2.96. The fourth-order valence-corrected chi connectivity index (χ4v) is 10.3. The van der Waals surface area contributed by atoms with Crippen molar-refractivity contribution in [3.8, 4) is 0 Å². The minimum atomic E-state index is -1.07. The molecule has 1 fully saturated rings. The summed E-state index contributed by atoms with van der Waals surface area (Å²) in [5, 5.41) is 0. The van der Waals surface area contributed by atoms with Crippen molar-refractivity contribution in [3.05, 3.63) is 0 Å². The zero-order chi connectivity index (χ0) is 11.2. The van der Waals surface area contributed by atoms with Crippen LogP contribution in [0.3, 0.4) is 0 Å². The molecule has 0 aromatic carbocycles. The Morgan fingerprint density at radius 1 is 1.00 bits per heavy atom. The van der Waals surface area contributed by atoms with Crippen molar-refractivity contribution >= 4 is 22.1 Å². The summed E-state index contributed by atoms with van der Waals surface area (Å²) >= 11 is 0. The fourth-order valence-electron chi connectivity index (χ4n) is 3.19. The Kier molecular flexibility index (Phi) is 5.07. The maximum atomic E-state index is 2.96. The van der Waals surface area contributed by atoms with Crippen LogP contribution >= 0.6 is 0 Å². The van der Waals surface area contributed by atoms with E-state index in [9.17, 15) is 0 Å². The second-order valence-electron chi connectivity index (χ2n) is 7.34. The molecule has 0 spiro atoms. The van der Waals surface area contributed by atoms with Crippen LogP contribution in [-0.2, 0) is 0 Å². The summed E-state index contributed by atoms with van der Waals surface area (Å²) in [5.74, 6) is -0.147. The molecule has 0 aromatic rings. The average molecular weight is 235 g/mol. The van der Waals surface area contributed by atoms with E-state index in [1.165, 1.54) is 19.3 Å². The molecule has 5 heteroatoms. The molecule has 0 aromatic heterocycles. The minimum absolute atomic E-state index is 0. The number of hydrogen-bond donors (Lipinski definition) is 0. The number of hydrogen-bond acceptors (Lipinski definition) is 1. The number of nitrogens with zero attached hydrogens (tertiary/aromatic N) is 1. The predicted octanol–water partition coefficient (Wildman–Crippen LogP) is 0.523. The van der Waals surface area contributed by atoms with E-state index in [0.717, 1.165) is 0 Å². The molecule has 0 saturated carbocycles. The quantitative estimate of drug-likeness (QED) is 0.631. The first kappa shape index (κ1) is 16.1. The third-order valence-electron chi connectivity index (χ3n) is 4.58. The van der Waals surface area contributed by atoms with E-state index in [1.54, 1.807) is 0 Å². The van der Waals surface area contributed by atoms with E-state index < -0.39 is 16.2 Å². The molecule has 1 heterocycles. The van der Waals surface area contributed by atoms with Crippen LogP contribution < -0.4 is 18.9 Å². The van der Waals surface area contributed by atoms with Crippen LogP contribution in [0.5, 0.6) is 0 Å². The van der Waals surface area contributed by atoms with Gasteiger partial charge in [0.1, 0.15) is 0 Å². The van der Waals surface area contributed by atoms with Crippen LogP contribution in [-0.4, -0.2) is 33.1 Å². The Bertz CT molecular complexity index is 224. The van der Waals surface area contributed by atoms with Gasteiger partial charge in [0, 0.05) is 0 Å². The van der Waals surface area contributed by atoms with Gasteiger partial charge in [0.25, 0.3) is 0 Å². The predicted molar refractivity (Wildman–Crippen MR) is 74.4 cm³/mol. The van der Waals surface area contributed by atoms with Crippen LogP contribution in [0.4, 0.5) is 0 Å². The second-order valence-corrected chi connectivity index (χ2v) is 18.2. The van der Waals surface area contributed by atoms with Crippen molar-refractivity contribution in [2.24, 2.45) is 0 Å². The average Bonchev–Trinajstić information content (AvgIpc) is 2.28. The first-order valence-corrected chi connectivity index (χ1v) is 13.1. The molecular formula is C10H27BLiNSi2. The molecule has 1 unspecified atom stereocenters. The van der Waals surface area contributed by atoms with Gasteiger partial charge in [-0.3, -0.25) is 0 Å². The monoisotopic (exact) mass is 235 g/mol. The molecule has 1 rings (SSSR count). The minimum Gasteiger partial charge on any atom is -0.499 e. The molecule has 0 amide bonds. The molecule has 0 aliphatic carbocycles. The van der Waals surface area contributed by atoms with Crippen molar-refractivity contribution in [2.45, 2.75) is 58.8 Å². The van der Waals surface area contributed by atoms with Crippen LogP contribution in [0.15, 0.2) is 0 Å². The van der Waals surface area contributed by atoms with Gasteiger partial charge in [0.2, 0.25) is 0 Å². The van der Waals surface area contributed by atoms with Crippen molar-refractivity contribution < 1.29 is 18.9 Å². The van der Waals surface area contributed by atoms with Gasteiger partial charge in [-0.05, 0) is 6.54 Å². The van der Waals surface area contributed by atoms with E-state index in [4.69, 9.17) is 0 Å². The Morgan fingerprint density at radius 3 is 1.73 bits per heavy atom. The first-order valence-electron chi connectivity index (χ1n) is 6.07. The van der Waals surface area contributed by atoms with Crippen molar-refractivity contribution in [2.75, 3.05) is 6.54 Å². The van der Waals surface area contributed by atoms with Crippen molar-refractivity contribution in [1.82, 2.24) is 4.48 Å². The van der Waals surface area contributed by atoms with E-state index in [2.05, 4.69) is 50.6 Å². The molecule has 1 aliphatic rings. The first-order chi connectivity index (χ1) is 6.09. The molecule has 1 saturated heterocycles. The molecule has 0 N–H and O–H groups in total. The largest absolute Gasteiger partial charge is 1.00 e. The van der Waals surface area contributed by atoms with E-state index in [0.29, 0.717) is 0 Å². The van der Waals surface area contributed by atoms with Gasteiger partial charge in [0.15, 0.2) is 0 Å². The van der Waals surface area contributed by atoms with Gasteiger partial charge in [-0.15, -0.1) is 0 Å². The van der Waals surface area contributed by atoms with Crippen molar-refractivity contribution in [1.29, 1.82) is 0 Å². The fraction of sp³-hybridized carbons (Fsp3) is 1.00. The Balaban J connectivity index is 0.00000196. The summed E-state index contributed by atoms with van der Waals surface area (Å²) in [6, 6.07) is 0. The Hall–Kier alpha value is 1.06. The smallest absolute Gasteiger partial charge is 0.499 e. The normalized spacial score (nSPS) is 29.0. The number of rotatable bonds is 2. The van der Waals surface area contributed by atoms with E-state index in [-0.39, 0.29) is 24.7 Å². The molecule has 0 bridgehead atoms. The maximum Gasteiger partial charge on any atom is 1.00 e. The van der Waals surface area contributed by atoms with Gasteiger partial charge < -0.3 is 4.48 Å². The van der Waals surface area contributed by atoms with Gasteiger partial charge in [-0.2, -0.15) is 13.1 Å². The summed E-state index contributed by atoms with van der Waals surface area (Å²) in [4.78, 5) is 0. The SMILES string of the molecule is C[B-]1([Si](C)(C)C)CCCN1[Si](C)(C)C.[Li+]. The van der Waals surface area contributed by atoms with Crippen LogP contribution in [0.1, 0.15) is 6.42 Å². The Labute approximate surface area is 111 Å². The summed E-state index contributed by atoms with van der Waals surface area (Å²) in [5.41, 5.74) is 0. The van der Waals surface area contributed by atoms with Gasteiger partial charge in [-0.1, -0.05) is 53.6 Å². The summed E-state index contributed by atoms with van der Waals surface area (Å²) in [7, 11) is -2.07. The zero-order valence-corrected chi connectivity index (χ0v) is 14.1. The van der Waals surface area contributed by atoms with Crippen LogP contribution in [0.2, 0.25) is 52.4 Å². The third-order valence-corrected chi connectivity index (χ3v) is 11.7. The molecule has 84 valence electrons. The molecule has 1 aliphatic heterocycles. The standard InChI is InChI=1S/C10H27BNSi2.Li/c1-11(13(2,3)4)9-8-10-12(11)14(5,6)7;/h8-10H2,1-7H3;/q-1;+1. The van der Waals surface area contributed by atoms with Crippen LogP contribution in [0.25, 0.3) is 0 Å². The van der Waals surface area contributed by atoms with Crippen LogP contribution in [0, 0.1) is 0 Å². The third kappa shape index (κ3) is 3.04. The Morgan fingerprint density at radius 2 is 1.47 bits per heavy atom. The molecule has 0 radical (unpaired) electrons. The summed E-state index contributed by atoms with van der Waals surface area (Å²) in [6.45, 7) is 19.2. The van der Waals surface area contributed by atoms with E-state index in [1.807, 2.05) is 0 Å². The zero-order valence-electron chi connectivity index (χ0n) is 12.1. The van der Waals surface area contributed by atoms with Crippen molar-refractivity contribution in [3.63, 3.8) is 0 Å². The summed E-state index contributed by atoms with van der Waals surface area (Å²) < 4.78 is 2.96.